The third-order valence-corrected chi connectivity index (χ3v) is 3.40. The van der Waals surface area contributed by atoms with Crippen molar-refractivity contribution in [3.05, 3.63) is 24.0 Å². The highest BCUT2D eigenvalue weighted by Gasteiger charge is 2.36. The summed E-state index contributed by atoms with van der Waals surface area (Å²) in [6, 6.07) is 1.76. The minimum Gasteiger partial charge on any atom is -0.492 e. The number of hydrogen-bond donors (Lipinski definition) is 0. The first-order valence-corrected chi connectivity index (χ1v) is 6.92. The van der Waals surface area contributed by atoms with E-state index in [-0.39, 0.29) is 5.78 Å². The number of ketones is 1. The predicted octanol–water partition coefficient (Wildman–Crippen LogP) is 3.01. The molecule has 0 aromatic carbocycles. The highest BCUT2D eigenvalue weighted by molar-refractivity contribution is 6.02. The topological polar surface area (TPSA) is 48.4 Å². The Morgan fingerprint density at radius 2 is 2.32 bits per heavy atom. The van der Waals surface area contributed by atoms with Gasteiger partial charge in [0, 0.05) is 18.4 Å². The van der Waals surface area contributed by atoms with Crippen LogP contribution in [0, 0.1) is 0 Å². The number of hydrogen-bond acceptors (Lipinski definition) is 4. The minimum absolute atomic E-state index is 0.00153. The van der Waals surface area contributed by atoms with E-state index in [0.717, 1.165) is 25.7 Å². The molecule has 0 amide bonds. The van der Waals surface area contributed by atoms with Gasteiger partial charge < -0.3 is 9.47 Å². The van der Waals surface area contributed by atoms with Crippen molar-refractivity contribution >= 4 is 5.78 Å². The summed E-state index contributed by atoms with van der Waals surface area (Å²) in [7, 11) is 0. The van der Waals surface area contributed by atoms with Crippen molar-refractivity contribution in [1.82, 2.24) is 4.98 Å². The highest BCUT2D eigenvalue weighted by atomic mass is 16.5. The van der Waals surface area contributed by atoms with Crippen LogP contribution in [-0.2, 0) is 4.74 Å². The van der Waals surface area contributed by atoms with Gasteiger partial charge in [-0.1, -0.05) is 6.92 Å². The monoisotopic (exact) mass is 263 g/mol. The normalized spacial score (nSPS) is 23.1. The summed E-state index contributed by atoms with van der Waals surface area (Å²) in [5.74, 6) is 0.647. The average Bonchev–Trinajstić information content (AvgIpc) is 2.45. The van der Waals surface area contributed by atoms with Gasteiger partial charge in [-0.05, 0) is 38.7 Å². The lowest BCUT2D eigenvalue weighted by Gasteiger charge is -2.32. The molecule has 1 aliphatic rings. The van der Waals surface area contributed by atoms with Crippen molar-refractivity contribution < 1.29 is 14.3 Å². The molecule has 0 bridgehead atoms. The van der Waals surface area contributed by atoms with Gasteiger partial charge in [-0.15, -0.1) is 0 Å². The maximum absolute atomic E-state index is 12.5. The number of carbonyl (C=O) groups is 1. The maximum Gasteiger partial charge on any atom is 0.196 e. The number of pyridine rings is 1. The summed E-state index contributed by atoms with van der Waals surface area (Å²) >= 11 is 0. The Balaban J connectivity index is 2.14. The molecule has 0 N–H and O–H groups in total. The Labute approximate surface area is 114 Å². The van der Waals surface area contributed by atoms with Crippen LogP contribution in [-0.4, -0.2) is 29.6 Å². The van der Waals surface area contributed by atoms with Gasteiger partial charge in [0.1, 0.15) is 11.4 Å². The van der Waals surface area contributed by atoms with Gasteiger partial charge in [-0.25, -0.2) is 0 Å². The van der Waals surface area contributed by atoms with Crippen LogP contribution in [0.3, 0.4) is 0 Å². The van der Waals surface area contributed by atoms with Crippen molar-refractivity contribution in [3.8, 4) is 5.75 Å². The van der Waals surface area contributed by atoms with Crippen molar-refractivity contribution in [2.24, 2.45) is 0 Å². The molecule has 2 rings (SSSR count). The largest absolute Gasteiger partial charge is 0.492 e. The molecule has 1 aromatic heterocycles. The Morgan fingerprint density at radius 3 is 3.00 bits per heavy atom. The molecule has 1 atom stereocenters. The molecule has 0 spiro atoms. The Kier molecular flexibility index (Phi) is 4.53. The van der Waals surface area contributed by atoms with E-state index in [2.05, 4.69) is 4.98 Å². The summed E-state index contributed by atoms with van der Waals surface area (Å²) in [6.07, 6.45) is 6.98. The molecule has 0 aliphatic carbocycles. The molecule has 4 nitrogen and oxygen atoms in total. The Bertz CT molecular complexity index is 439. The van der Waals surface area contributed by atoms with Gasteiger partial charge in [0.2, 0.25) is 0 Å². The second kappa shape index (κ2) is 6.15. The van der Waals surface area contributed by atoms with Gasteiger partial charge in [0.15, 0.2) is 5.78 Å². The van der Waals surface area contributed by atoms with E-state index < -0.39 is 5.60 Å². The van der Waals surface area contributed by atoms with E-state index in [0.29, 0.717) is 24.5 Å². The van der Waals surface area contributed by atoms with Crippen LogP contribution in [0.25, 0.3) is 0 Å². The Hall–Kier alpha value is -1.42. The zero-order valence-corrected chi connectivity index (χ0v) is 11.6. The predicted molar refractivity (Wildman–Crippen MR) is 72.6 cm³/mol. The van der Waals surface area contributed by atoms with Crippen LogP contribution in [0.15, 0.2) is 18.5 Å². The Morgan fingerprint density at radius 1 is 1.47 bits per heavy atom. The second-order valence-electron chi connectivity index (χ2n) is 5.12. The van der Waals surface area contributed by atoms with Crippen molar-refractivity contribution in [2.45, 2.75) is 45.1 Å². The summed E-state index contributed by atoms with van der Waals surface area (Å²) in [5, 5.41) is 0. The third kappa shape index (κ3) is 3.32. The van der Waals surface area contributed by atoms with Crippen LogP contribution in [0.4, 0.5) is 0 Å². The van der Waals surface area contributed by atoms with Crippen LogP contribution in [0.1, 0.15) is 49.9 Å². The van der Waals surface area contributed by atoms with Crippen LogP contribution < -0.4 is 4.74 Å². The average molecular weight is 263 g/mol. The summed E-state index contributed by atoms with van der Waals surface area (Å²) in [6.45, 7) is 5.20. The quantitative estimate of drug-likeness (QED) is 0.766. The lowest BCUT2D eigenvalue weighted by molar-refractivity contribution is -0.0426. The molecule has 2 heterocycles. The maximum atomic E-state index is 12.5. The van der Waals surface area contributed by atoms with E-state index in [1.165, 1.54) is 0 Å². The van der Waals surface area contributed by atoms with Gasteiger partial charge in [-0.2, -0.15) is 0 Å². The number of ether oxygens (including phenoxy) is 2. The first-order chi connectivity index (χ1) is 9.15. The lowest BCUT2D eigenvalue weighted by Crippen LogP contribution is -2.41. The van der Waals surface area contributed by atoms with Crippen molar-refractivity contribution in [1.29, 1.82) is 0 Å². The van der Waals surface area contributed by atoms with Crippen molar-refractivity contribution in [3.63, 3.8) is 0 Å². The van der Waals surface area contributed by atoms with Gasteiger partial charge >= 0.3 is 0 Å². The fraction of sp³-hybridized carbons (Fsp3) is 0.600. The summed E-state index contributed by atoms with van der Waals surface area (Å²) in [4.78, 5) is 16.6. The first-order valence-electron chi connectivity index (χ1n) is 6.92. The van der Waals surface area contributed by atoms with Gasteiger partial charge in [0.05, 0.1) is 12.8 Å². The van der Waals surface area contributed by atoms with Crippen LogP contribution in [0.2, 0.25) is 0 Å². The number of Topliss-reactive ketones (excluding diaryl/α,β-unsaturated/α-hetero) is 1. The zero-order chi connectivity index (χ0) is 13.7. The second-order valence-corrected chi connectivity index (χ2v) is 5.12. The van der Waals surface area contributed by atoms with Crippen LogP contribution in [0.5, 0.6) is 5.75 Å². The minimum atomic E-state index is -0.705. The summed E-state index contributed by atoms with van der Waals surface area (Å²) in [5.41, 5.74) is -0.137. The highest BCUT2D eigenvalue weighted by Crippen LogP contribution is 2.28. The lowest BCUT2D eigenvalue weighted by atomic mass is 9.88. The van der Waals surface area contributed by atoms with E-state index in [1.54, 1.807) is 18.5 Å². The van der Waals surface area contributed by atoms with E-state index in [9.17, 15) is 4.79 Å². The molecule has 1 fully saturated rings. The number of rotatable bonds is 5. The van der Waals surface area contributed by atoms with E-state index >= 15 is 0 Å². The number of carbonyl (C=O) groups excluding carboxylic acids is 1. The molecular weight excluding hydrogens is 242 g/mol. The molecule has 0 saturated carbocycles. The molecule has 1 saturated heterocycles. The molecular formula is C15H21NO3. The number of nitrogens with zero attached hydrogens (tertiary/aromatic N) is 1. The molecule has 1 unspecified atom stereocenters. The molecule has 4 heteroatoms. The molecule has 104 valence electrons. The molecule has 1 aliphatic heterocycles. The van der Waals surface area contributed by atoms with Crippen LogP contribution >= 0.6 is 0 Å². The van der Waals surface area contributed by atoms with E-state index in [1.807, 2.05) is 13.8 Å². The molecule has 1 aromatic rings. The smallest absolute Gasteiger partial charge is 0.196 e. The summed E-state index contributed by atoms with van der Waals surface area (Å²) < 4.78 is 11.2. The van der Waals surface area contributed by atoms with Gasteiger partial charge in [0.25, 0.3) is 0 Å². The van der Waals surface area contributed by atoms with Crippen molar-refractivity contribution in [2.75, 3.05) is 13.2 Å². The zero-order valence-electron chi connectivity index (χ0n) is 11.6. The first kappa shape index (κ1) is 14.0. The molecule has 0 radical (unpaired) electrons. The van der Waals surface area contributed by atoms with Gasteiger partial charge in [-0.3, -0.25) is 9.78 Å². The van der Waals surface area contributed by atoms with E-state index in [4.69, 9.17) is 9.47 Å². The standard InChI is InChI=1S/C15H21NO3/c1-3-7-18-13-9-12(10-16-11-13)14(17)15(2)6-4-5-8-19-15/h9-11H,3-8H2,1-2H3. The number of aromatic nitrogens is 1. The third-order valence-electron chi connectivity index (χ3n) is 3.40. The fourth-order valence-electron chi connectivity index (χ4n) is 2.26. The fourth-order valence-corrected chi connectivity index (χ4v) is 2.26. The molecule has 19 heavy (non-hydrogen) atoms. The SMILES string of the molecule is CCCOc1cncc(C(=O)C2(C)CCCCO2)c1.